The highest BCUT2D eigenvalue weighted by Crippen LogP contribution is 2.48. The predicted octanol–water partition coefficient (Wildman–Crippen LogP) is 2.89. The average molecular weight is 373 g/mol. The van der Waals surface area contributed by atoms with Gasteiger partial charge in [0.05, 0.1) is 13.2 Å². The lowest BCUT2D eigenvalue weighted by molar-refractivity contribution is 0.0963. The summed E-state index contributed by atoms with van der Waals surface area (Å²) < 4.78 is 5.09. The van der Waals surface area contributed by atoms with Crippen molar-refractivity contribution in [2.75, 3.05) is 32.8 Å². The Morgan fingerprint density at radius 2 is 1.93 bits per heavy atom. The number of nitrogens with zero attached hydrogens (tertiary/aromatic N) is 2. The van der Waals surface area contributed by atoms with Crippen molar-refractivity contribution < 1.29 is 9.53 Å². The molecular weight excluding hydrogens is 340 g/mol. The van der Waals surface area contributed by atoms with E-state index in [1.807, 2.05) is 6.92 Å². The van der Waals surface area contributed by atoms with Gasteiger partial charge in [0.1, 0.15) is 0 Å². The Hall–Kier alpha value is -2.24. The number of nitrogens with one attached hydrogen (secondary N) is 2. The van der Waals surface area contributed by atoms with Crippen molar-refractivity contribution in [2.24, 2.45) is 4.99 Å². The summed E-state index contributed by atoms with van der Waals surface area (Å²) in [7, 11) is 0. The molecule has 3 rings (SSSR count). The molecule has 2 fully saturated rings. The summed E-state index contributed by atoms with van der Waals surface area (Å²) in [5, 5.41) is 6.93. The summed E-state index contributed by atoms with van der Waals surface area (Å²) in [5.41, 5.74) is 1.61. The van der Waals surface area contributed by atoms with Crippen LogP contribution in [0.15, 0.2) is 35.3 Å². The van der Waals surface area contributed by atoms with Gasteiger partial charge in [-0.2, -0.15) is 0 Å². The summed E-state index contributed by atoms with van der Waals surface area (Å²) in [6.07, 6.45) is 4.03. The summed E-state index contributed by atoms with van der Waals surface area (Å²) in [6.45, 7) is 7.46. The highest BCUT2D eigenvalue weighted by molar-refractivity contribution is 5.80. The highest BCUT2D eigenvalue weighted by Gasteiger charge is 2.44. The van der Waals surface area contributed by atoms with E-state index >= 15 is 0 Å². The second-order valence-electron chi connectivity index (χ2n) is 7.45. The number of amides is 1. The fraction of sp³-hybridized carbons (Fsp3) is 0.619. The summed E-state index contributed by atoms with van der Waals surface area (Å²) in [4.78, 5) is 18.5. The van der Waals surface area contributed by atoms with Crippen molar-refractivity contribution in [1.82, 2.24) is 15.5 Å². The molecule has 0 radical (unpaired) electrons. The zero-order valence-corrected chi connectivity index (χ0v) is 16.5. The van der Waals surface area contributed by atoms with Crippen LogP contribution in [0, 0.1) is 0 Å². The first-order chi connectivity index (χ1) is 13.2. The summed E-state index contributed by atoms with van der Waals surface area (Å²) in [6, 6.07) is 11.1. The molecule has 0 bridgehead atoms. The maximum atomic E-state index is 11.8. The first kappa shape index (κ1) is 19.5. The van der Waals surface area contributed by atoms with E-state index in [2.05, 4.69) is 47.9 Å². The number of piperidine rings is 1. The lowest BCUT2D eigenvalue weighted by Gasteiger charge is -2.32. The number of guanidine groups is 1. The van der Waals surface area contributed by atoms with Gasteiger partial charge >= 0.3 is 6.09 Å². The molecule has 0 aromatic heterocycles. The number of benzene rings is 1. The van der Waals surface area contributed by atoms with E-state index in [0.717, 1.165) is 45.0 Å². The van der Waals surface area contributed by atoms with Crippen molar-refractivity contribution >= 4 is 12.1 Å². The molecule has 1 saturated carbocycles. The van der Waals surface area contributed by atoms with E-state index in [1.54, 1.807) is 4.90 Å². The van der Waals surface area contributed by atoms with Crippen LogP contribution in [0.1, 0.15) is 45.1 Å². The van der Waals surface area contributed by atoms with Gasteiger partial charge in [-0.3, -0.25) is 4.99 Å². The van der Waals surface area contributed by atoms with Crippen LogP contribution in [-0.2, 0) is 10.2 Å². The summed E-state index contributed by atoms with van der Waals surface area (Å²) >= 11 is 0. The van der Waals surface area contributed by atoms with Gasteiger partial charge in [-0.25, -0.2) is 4.79 Å². The quantitative estimate of drug-likeness (QED) is 0.595. The van der Waals surface area contributed by atoms with E-state index in [0.29, 0.717) is 12.6 Å². The van der Waals surface area contributed by atoms with Crippen molar-refractivity contribution in [1.29, 1.82) is 0 Å². The third kappa shape index (κ3) is 5.15. The Labute approximate surface area is 162 Å². The third-order valence-corrected chi connectivity index (χ3v) is 5.49. The molecule has 1 heterocycles. The molecule has 6 heteroatoms. The molecule has 0 atom stereocenters. The Kier molecular flexibility index (Phi) is 6.58. The minimum atomic E-state index is -0.199. The maximum absolute atomic E-state index is 11.8. The molecule has 2 aliphatic rings. The average Bonchev–Trinajstić information content (AvgIpc) is 3.49. The van der Waals surface area contributed by atoms with Crippen LogP contribution in [0.2, 0.25) is 0 Å². The van der Waals surface area contributed by atoms with E-state index in [1.165, 1.54) is 18.4 Å². The molecule has 0 unspecified atom stereocenters. The Balaban J connectivity index is 1.54. The third-order valence-electron chi connectivity index (χ3n) is 5.49. The standard InChI is InChI=1S/C21H32N4O2/c1-3-22-19(23-16-21(12-13-21)17-8-6-5-7-9-17)24-18-10-14-25(15-11-18)20(26)27-4-2/h5-9,18H,3-4,10-16H2,1-2H3,(H2,22,23,24). The van der Waals surface area contributed by atoms with E-state index in [-0.39, 0.29) is 11.5 Å². The number of rotatable bonds is 6. The highest BCUT2D eigenvalue weighted by atomic mass is 16.6. The minimum absolute atomic E-state index is 0.199. The van der Waals surface area contributed by atoms with Gasteiger partial charge in [-0.1, -0.05) is 30.3 Å². The lowest BCUT2D eigenvalue weighted by Crippen LogP contribution is -2.50. The molecule has 27 heavy (non-hydrogen) atoms. The fourth-order valence-electron chi connectivity index (χ4n) is 3.65. The molecule has 1 aliphatic heterocycles. The minimum Gasteiger partial charge on any atom is -0.450 e. The van der Waals surface area contributed by atoms with Crippen LogP contribution in [0.3, 0.4) is 0 Å². The first-order valence-electron chi connectivity index (χ1n) is 10.2. The van der Waals surface area contributed by atoms with Gasteiger partial charge in [-0.15, -0.1) is 0 Å². The Morgan fingerprint density at radius 3 is 2.52 bits per heavy atom. The van der Waals surface area contributed by atoms with Gasteiger partial charge in [0, 0.05) is 31.1 Å². The maximum Gasteiger partial charge on any atom is 0.409 e. The number of carbonyl (C=O) groups excluding carboxylic acids is 1. The van der Waals surface area contributed by atoms with Gasteiger partial charge in [0.2, 0.25) is 0 Å². The van der Waals surface area contributed by atoms with Gasteiger partial charge < -0.3 is 20.3 Å². The van der Waals surface area contributed by atoms with Crippen LogP contribution in [-0.4, -0.2) is 55.8 Å². The zero-order chi connectivity index (χ0) is 19.1. The van der Waals surface area contributed by atoms with Crippen LogP contribution >= 0.6 is 0 Å². The largest absolute Gasteiger partial charge is 0.450 e. The molecule has 148 valence electrons. The molecular formula is C21H32N4O2. The second-order valence-corrected chi connectivity index (χ2v) is 7.45. The van der Waals surface area contributed by atoms with E-state index in [9.17, 15) is 4.79 Å². The molecule has 1 saturated heterocycles. The van der Waals surface area contributed by atoms with Crippen molar-refractivity contribution in [2.45, 2.75) is 51.0 Å². The number of hydrogen-bond donors (Lipinski definition) is 2. The van der Waals surface area contributed by atoms with E-state index < -0.39 is 0 Å². The van der Waals surface area contributed by atoms with Gasteiger partial charge in [0.25, 0.3) is 0 Å². The normalized spacial score (nSPS) is 19.5. The smallest absolute Gasteiger partial charge is 0.409 e. The lowest BCUT2D eigenvalue weighted by atomic mass is 9.96. The first-order valence-corrected chi connectivity index (χ1v) is 10.2. The topological polar surface area (TPSA) is 66.0 Å². The molecule has 0 spiro atoms. The van der Waals surface area contributed by atoms with Crippen molar-refractivity contribution in [3.63, 3.8) is 0 Å². The zero-order valence-electron chi connectivity index (χ0n) is 16.5. The van der Waals surface area contributed by atoms with E-state index in [4.69, 9.17) is 9.73 Å². The number of carbonyl (C=O) groups is 1. The van der Waals surface area contributed by atoms with Gasteiger partial charge in [-0.05, 0) is 45.1 Å². The number of likely N-dealkylation sites (tertiary alicyclic amines) is 1. The molecule has 6 nitrogen and oxygen atoms in total. The van der Waals surface area contributed by atoms with Crippen molar-refractivity contribution in [3.8, 4) is 0 Å². The number of aliphatic imine (C=N–C) groups is 1. The number of hydrogen-bond acceptors (Lipinski definition) is 3. The molecule has 2 N–H and O–H groups in total. The molecule has 1 aromatic carbocycles. The second kappa shape index (κ2) is 9.11. The van der Waals surface area contributed by atoms with Crippen LogP contribution in [0.5, 0.6) is 0 Å². The molecule has 1 aliphatic carbocycles. The number of ether oxygens (including phenoxy) is 1. The monoisotopic (exact) mass is 372 g/mol. The molecule has 1 aromatic rings. The SMILES string of the molecule is CCNC(=NCC1(c2ccccc2)CC1)NC1CCN(C(=O)OCC)CC1. The summed E-state index contributed by atoms with van der Waals surface area (Å²) in [5.74, 6) is 0.884. The van der Waals surface area contributed by atoms with Gasteiger partial charge in [0.15, 0.2) is 5.96 Å². The Morgan fingerprint density at radius 1 is 1.22 bits per heavy atom. The predicted molar refractivity (Wildman–Crippen MR) is 108 cm³/mol. The fourth-order valence-corrected chi connectivity index (χ4v) is 3.65. The molecule has 1 amide bonds. The Bertz CT molecular complexity index is 635. The van der Waals surface area contributed by atoms with Crippen LogP contribution in [0.4, 0.5) is 4.79 Å². The van der Waals surface area contributed by atoms with Crippen LogP contribution in [0.25, 0.3) is 0 Å². The van der Waals surface area contributed by atoms with Crippen molar-refractivity contribution in [3.05, 3.63) is 35.9 Å². The van der Waals surface area contributed by atoms with Crippen LogP contribution < -0.4 is 10.6 Å².